The molecule has 0 N–H and O–H groups in total. The van der Waals surface area contributed by atoms with Crippen LogP contribution in [0.1, 0.15) is 0 Å². The number of hydrogen-bond acceptors (Lipinski definition) is 2. The molecule has 32 heavy (non-hydrogen) atoms. The second kappa shape index (κ2) is 6.47. The number of fused-ring (bicyclic) bond motifs is 11. The molecule has 0 aliphatic heterocycles. The molecule has 0 fully saturated rings. The third-order valence-corrected chi connectivity index (χ3v) is 5.97. The van der Waals surface area contributed by atoms with Crippen LogP contribution in [0.15, 0.2) is 67.0 Å². The Morgan fingerprint density at radius 1 is 0.531 bits per heavy atom. The van der Waals surface area contributed by atoms with E-state index in [2.05, 4.69) is 37.7 Å². The molecule has 6 rings (SSSR count). The van der Waals surface area contributed by atoms with Crippen molar-refractivity contribution in [3.8, 4) is 0 Å². The zero-order chi connectivity index (χ0) is 21.8. The van der Waals surface area contributed by atoms with E-state index in [-0.39, 0.29) is 17.1 Å². The predicted octanol–water partition coefficient (Wildman–Crippen LogP) is 7.89. The Kier molecular flexibility index (Phi) is 3.60. The third-order valence-electron chi connectivity index (χ3n) is 5.97. The Bertz CT molecular complexity index is 1910. The lowest BCUT2D eigenvalue weighted by Crippen LogP contribution is -1.92. The van der Waals surface area contributed by atoms with Gasteiger partial charge in [-0.1, -0.05) is 54.6 Å². The molecule has 5 aromatic carbocycles. The summed E-state index contributed by atoms with van der Waals surface area (Å²) in [5, 5.41) is 7.26. The molecule has 0 aliphatic carbocycles. The molecule has 0 unspecified atom stereocenters. The molecular formula is C27H11N5. The summed E-state index contributed by atoms with van der Waals surface area (Å²) in [5.74, 6) is 0. The van der Waals surface area contributed by atoms with Crippen molar-refractivity contribution in [3.05, 3.63) is 101 Å². The SMILES string of the molecule is [C-]#[N+]c1cc2c3nccnc3c3c4ccccc4c4ccccc4c3c2c([N+]#[C-])c1[N+]#[C-]. The lowest BCUT2D eigenvalue weighted by Gasteiger charge is -2.17. The van der Waals surface area contributed by atoms with E-state index in [0.717, 1.165) is 37.8 Å². The smallest absolute Gasteiger partial charge is 0.201 e. The van der Waals surface area contributed by atoms with Crippen LogP contribution in [-0.2, 0) is 0 Å². The van der Waals surface area contributed by atoms with E-state index in [4.69, 9.17) is 24.7 Å². The van der Waals surface area contributed by atoms with Crippen LogP contribution in [-0.4, -0.2) is 9.97 Å². The van der Waals surface area contributed by atoms with Crippen molar-refractivity contribution in [3.63, 3.8) is 0 Å². The molecule has 1 aromatic heterocycles. The molecule has 0 bridgehead atoms. The lowest BCUT2D eigenvalue weighted by molar-refractivity contribution is 1.31. The van der Waals surface area contributed by atoms with Crippen molar-refractivity contribution in [2.24, 2.45) is 0 Å². The Balaban J connectivity index is 2.15. The van der Waals surface area contributed by atoms with Gasteiger partial charge in [0.2, 0.25) is 5.69 Å². The topological polar surface area (TPSA) is 38.9 Å². The summed E-state index contributed by atoms with van der Waals surface area (Å²) in [7, 11) is 0. The molecule has 5 heteroatoms. The van der Waals surface area contributed by atoms with Crippen LogP contribution < -0.4 is 0 Å². The van der Waals surface area contributed by atoms with Gasteiger partial charge in [0.05, 0.1) is 30.7 Å². The minimum Gasteiger partial charge on any atom is -0.262 e. The maximum atomic E-state index is 7.94. The number of nitrogens with zero attached hydrogens (tertiary/aromatic N) is 5. The van der Waals surface area contributed by atoms with Crippen molar-refractivity contribution in [1.82, 2.24) is 9.97 Å². The van der Waals surface area contributed by atoms with E-state index in [0.29, 0.717) is 16.3 Å². The molecule has 0 saturated carbocycles. The molecule has 144 valence electrons. The minimum absolute atomic E-state index is 0.0873. The van der Waals surface area contributed by atoms with E-state index in [1.807, 2.05) is 30.3 Å². The highest BCUT2D eigenvalue weighted by Gasteiger charge is 2.22. The summed E-state index contributed by atoms with van der Waals surface area (Å²) >= 11 is 0. The van der Waals surface area contributed by atoms with Gasteiger partial charge >= 0.3 is 0 Å². The van der Waals surface area contributed by atoms with Gasteiger partial charge in [0.15, 0.2) is 11.4 Å². The summed E-state index contributed by atoms with van der Waals surface area (Å²) in [6.07, 6.45) is 3.28. The Hall–Kier alpha value is -5.05. The van der Waals surface area contributed by atoms with Crippen molar-refractivity contribution in [2.75, 3.05) is 0 Å². The van der Waals surface area contributed by atoms with Gasteiger partial charge in [-0.2, -0.15) is 0 Å². The Morgan fingerprint density at radius 3 is 1.69 bits per heavy atom. The van der Waals surface area contributed by atoms with E-state index in [9.17, 15) is 0 Å². The monoisotopic (exact) mass is 405 g/mol. The molecule has 5 nitrogen and oxygen atoms in total. The summed E-state index contributed by atoms with van der Waals surface area (Å²) in [6, 6.07) is 17.9. The molecule has 6 aromatic rings. The number of rotatable bonds is 0. The fourth-order valence-corrected chi connectivity index (χ4v) is 4.75. The van der Waals surface area contributed by atoms with Crippen LogP contribution in [0.5, 0.6) is 0 Å². The first-order valence-corrected chi connectivity index (χ1v) is 9.87. The van der Waals surface area contributed by atoms with E-state index in [1.54, 1.807) is 18.5 Å². The van der Waals surface area contributed by atoms with Gasteiger partial charge in [0, 0.05) is 17.8 Å². The van der Waals surface area contributed by atoms with Gasteiger partial charge in [-0.15, -0.1) is 0 Å². The first-order chi connectivity index (χ1) is 15.8. The molecule has 0 aliphatic rings. The Morgan fingerprint density at radius 2 is 1.09 bits per heavy atom. The molecular weight excluding hydrogens is 394 g/mol. The number of hydrogen-bond donors (Lipinski definition) is 0. The fourth-order valence-electron chi connectivity index (χ4n) is 4.75. The summed E-state index contributed by atoms with van der Waals surface area (Å²) in [6.45, 7) is 23.2. The second-order valence-corrected chi connectivity index (χ2v) is 7.45. The van der Waals surface area contributed by atoms with Gasteiger partial charge in [-0.25, -0.2) is 0 Å². The van der Waals surface area contributed by atoms with Gasteiger partial charge < -0.3 is 0 Å². The summed E-state index contributed by atoms with van der Waals surface area (Å²) < 4.78 is 0. The van der Waals surface area contributed by atoms with E-state index >= 15 is 0 Å². The van der Waals surface area contributed by atoms with Gasteiger partial charge in [-0.3, -0.25) is 24.5 Å². The minimum atomic E-state index is 0.0873. The van der Waals surface area contributed by atoms with Crippen LogP contribution in [0.4, 0.5) is 17.1 Å². The molecule has 0 spiro atoms. The van der Waals surface area contributed by atoms with Crippen molar-refractivity contribution < 1.29 is 0 Å². The summed E-state index contributed by atoms with van der Waals surface area (Å²) in [5.41, 5.74) is 1.79. The van der Waals surface area contributed by atoms with Gasteiger partial charge in [-0.05, 0) is 37.7 Å². The fraction of sp³-hybridized carbons (Fsp3) is 0. The lowest BCUT2D eigenvalue weighted by atomic mass is 9.89. The van der Waals surface area contributed by atoms with Crippen molar-refractivity contribution in [1.29, 1.82) is 0 Å². The van der Waals surface area contributed by atoms with Crippen molar-refractivity contribution in [2.45, 2.75) is 0 Å². The van der Waals surface area contributed by atoms with Crippen LogP contribution in [0.25, 0.3) is 68.7 Å². The highest BCUT2D eigenvalue weighted by molar-refractivity contribution is 6.40. The third kappa shape index (κ3) is 2.13. The van der Waals surface area contributed by atoms with Crippen LogP contribution >= 0.6 is 0 Å². The van der Waals surface area contributed by atoms with Crippen LogP contribution in [0.3, 0.4) is 0 Å². The predicted molar refractivity (Wildman–Crippen MR) is 128 cm³/mol. The maximum absolute atomic E-state index is 7.94. The van der Waals surface area contributed by atoms with E-state index in [1.165, 1.54) is 0 Å². The second-order valence-electron chi connectivity index (χ2n) is 7.45. The normalized spacial score (nSPS) is 11.0. The van der Waals surface area contributed by atoms with E-state index < -0.39 is 0 Å². The van der Waals surface area contributed by atoms with Crippen molar-refractivity contribution >= 4 is 71.2 Å². The molecule has 0 amide bonds. The molecule has 0 saturated heterocycles. The van der Waals surface area contributed by atoms with Gasteiger partial charge in [0.1, 0.15) is 0 Å². The molecule has 0 radical (unpaired) electrons. The first-order valence-electron chi connectivity index (χ1n) is 9.87. The Labute approximate surface area is 182 Å². The zero-order valence-electron chi connectivity index (χ0n) is 16.6. The maximum Gasteiger partial charge on any atom is 0.201 e. The largest absolute Gasteiger partial charge is 0.262 e. The molecule has 1 heterocycles. The van der Waals surface area contributed by atoms with Crippen LogP contribution in [0.2, 0.25) is 0 Å². The molecule has 0 atom stereocenters. The van der Waals surface area contributed by atoms with Crippen LogP contribution in [0, 0.1) is 19.7 Å². The standard InChI is InChI=1S/C27H11N5/c1-28-20-14-19-23(26(30-3)25(20)29-2)21-17-10-6-4-8-15(17)16-9-5-7-11-18(16)22(21)27-24(19)31-12-13-32-27/h4-14H. The average molecular weight is 405 g/mol. The zero-order valence-corrected chi connectivity index (χ0v) is 16.6. The highest BCUT2D eigenvalue weighted by atomic mass is 14.8. The van der Waals surface area contributed by atoms with Gasteiger partial charge in [0.25, 0.3) is 0 Å². The number of benzene rings is 5. The average Bonchev–Trinajstić information content (AvgIpc) is 2.87. The highest BCUT2D eigenvalue weighted by Crippen LogP contribution is 2.51. The summed E-state index contributed by atoms with van der Waals surface area (Å²) in [4.78, 5) is 20.2. The first kappa shape index (κ1) is 17.8. The number of aromatic nitrogens is 2. The quantitative estimate of drug-likeness (QED) is 0.190.